The number of piperidine rings is 1. The lowest BCUT2D eigenvalue weighted by Gasteiger charge is -2.32. The molecule has 0 saturated carbocycles. The van der Waals surface area contributed by atoms with Crippen molar-refractivity contribution in [3.63, 3.8) is 0 Å². The summed E-state index contributed by atoms with van der Waals surface area (Å²) in [5.41, 5.74) is 2.80. The van der Waals surface area contributed by atoms with E-state index in [4.69, 9.17) is 4.74 Å². The third-order valence-electron chi connectivity index (χ3n) is 5.72. The van der Waals surface area contributed by atoms with Crippen molar-refractivity contribution in [1.82, 2.24) is 9.62 Å². The van der Waals surface area contributed by atoms with Gasteiger partial charge in [-0.2, -0.15) is 0 Å². The number of nitrogens with zero attached hydrogens (tertiary/aromatic N) is 1. The van der Waals surface area contributed by atoms with Crippen LogP contribution in [0.5, 0.6) is 5.75 Å². The Morgan fingerprint density at radius 2 is 1.67 bits per heavy atom. The Kier molecular flexibility index (Phi) is 7.15. The summed E-state index contributed by atoms with van der Waals surface area (Å²) < 4.78 is 33.8. The molecule has 7 heteroatoms. The summed E-state index contributed by atoms with van der Waals surface area (Å²) in [5.74, 6) is 0.853. The highest BCUT2D eigenvalue weighted by Gasteiger charge is 2.25. The zero-order valence-electron chi connectivity index (χ0n) is 17.8. The molecule has 0 bridgehead atoms. The number of para-hydroxylation sites is 1. The summed E-state index contributed by atoms with van der Waals surface area (Å²) in [6, 6.07) is 12.9. The van der Waals surface area contributed by atoms with Gasteiger partial charge in [-0.15, -0.1) is 0 Å². The lowest BCUT2D eigenvalue weighted by molar-refractivity contribution is -0.134. The van der Waals surface area contributed by atoms with Gasteiger partial charge in [0.1, 0.15) is 5.75 Å². The number of hydrogen-bond donors (Lipinski definition) is 1. The van der Waals surface area contributed by atoms with Gasteiger partial charge in [0.15, 0.2) is 6.61 Å². The number of nitrogens with one attached hydrogen (secondary N) is 1. The Balaban J connectivity index is 1.47. The van der Waals surface area contributed by atoms with Crippen molar-refractivity contribution in [2.45, 2.75) is 38.5 Å². The van der Waals surface area contributed by atoms with E-state index >= 15 is 0 Å². The van der Waals surface area contributed by atoms with Gasteiger partial charge < -0.3 is 9.64 Å². The first-order valence-electron chi connectivity index (χ1n) is 10.3. The summed E-state index contributed by atoms with van der Waals surface area (Å²) in [6.45, 7) is 7.36. The third kappa shape index (κ3) is 5.61. The second kappa shape index (κ2) is 9.62. The second-order valence-electron chi connectivity index (χ2n) is 7.98. The van der Waals surface area contributed by atoms with Crippen LogP contribution in [0.15, 0.2) is 47.4 Å². The molecule has 1 aliphatic rings. The molecular weight excluding hydrogens is 400 g/mol. The molecule has 1 N–H and O–H groups in total. The lowest BCUT2D eigenvalue weighted by atomic mass is 9.97. The van der Waals surface area contributed by atoms with Gasteiger partial charge in [0, 0.05) is 19.6 Å². The molecule has 2 aromatic carbocycles. The van der Waals surface area contributed by atoms with Crippen molar-refractivity contribution in [1.29, 1.82) is 0 Å². The van der Waals surface area contributed by atoms with Crippen LogP contribution in [0.25, 0.3) is 0 Å². The van der Waals surface area contributed by atoms with Crippen molar-refractivity contribution >= 4 is 15.9 Å². The quantitative estimate of drug-likeness (QED) is 0.732. The minimum absolute atomic E-state index is 0.0212. The van der Waals surface area contributed by atoms with E-state index in [-0.39, 0.29) is 18.4 Å². The molecule has 1 heterocycles. The first kappa shape index (κ1) is 22.3. The number of hydrogen-bond acceptors (Lipinski definition) is 4. The van der Waals surface area contributed by atoms with Crippen LogP contribution in [-0.2, 0) is 14.8 Å². The van der Waals surface area contributed by atoms with E-state index in [2.05, 4.69) is 4.72 Å². The average molecular weight is 431 g/mol. The van der Waals surface area contributed by atoms with Crippen LogP contribution in [0.4, 0.5) is 0 Å². The number of ether oxygens (including phenoxy) is 1. The Bertz CT molecular complexity index is 982. The normalized spacial score (nSPS) is 15.2. The summed E-state index contributed by atoms with van der Waals surface area (Å²) in [7, 11) is -3.55. The van der Waals surface area contributed by atoms with Gasteiger partial charge in [-0.1, -0.05) is 24.3 Å². The first-order chi connectivity index (χ1) is 14.3. The largest absolute Gasteiger partial charge is 0.484 e. The van der Waals surface area contributed by atoms with Gasteiger partial charge >= 0.3 is 0 Å². The first-order valence-corrected chi connectivity index (χ1v) is 11.8. The topological polar surface area (TPSA) is 75.7 Å². The molecule has 0 aromatic heterocycles. The van der Waals surface area contributed by atoms with Gasteiger partial charge in [0.25, 0.3) is 5.91 Å². The molecule has 3 rings (SSSR count). The molecule has 0 radical (unpaired) electrons. The lowest BCUT2D eigenvalue weighted by Crippen LogP contribution is -2.43. The minimum Gasteiger partial charge on any atom is -0.484 e. The van der Waals surface area contributed by atoms with Gasteiger partial charge in [-0.25, -0.2) is 13.1 Å². The van der Waals surface area contributed by atoms with E-state index in [0.717, 1.165) is 29.5 Å². The van der Waals surface area contributed by atoms with E-state index in [0.29, 0.717) is 30.3 Å². The molecule has 1 fully saturated rings. The third-order valence-corrected chi connectivity index (χ3v) is 7.28. The number of carbonyl (C=O) groups excluding carboxylic acids is 1. The van der Waals surface area contributed by atoms with E-state index in [9.17, 15) is 13.2 Å². The van der Waals surface area contributed by atoms with Crippen molar-refractivity contribution < 1.29 is 17.9 Å². The fourth-order valence-corrected chi connectivity index (χ4v) is 5.09. The summed E-state index contributed by atoms with van der Waals surface area (Å²) in [4.78, 5) is 14.5. The van der Waals surface area contributed by atoms with Gasteiger partial charge in [-0.05, 0) is 74.4 Å². The molecule has 1 amide bonds. The van der Waals surface area contributed by atoms with E-state index in [1.165, 1.54) is 0 Å². The van der Waals surface area contributed by atoms with Crippen LogP contribution in [0.3, 0.4) is 0 Å². The molecule has 2 aromatic rings. The summed E-state index contributed by atoms with van der Waals surface area (Å²) >= 11 is 0. The number of carbonyl (C=O) groups is 1. The molecule has 162 valence electrons. The number of amides is 1. The molecule has 0 unspecified atom stereocenters. The standard InChI is InChI=1S/C23H30N2O4S/c1-17-13-19(3)22(14-18(17)2)30(27,28)24-15-20-9-11-25(12-10-20)23(26)16-29-21-7-5-4-6-8-21/h4-8,13-14,20,24H,9-12,15-16H2,1-3H3. The smallest absolute Gasteiger partial charge is 0.260 e. The number of sulfonamides is 1. The maximum atomic E-state index is 12.8. The van der Waals surface area contributed by atoms with Crippen LogP contribution in [0.2, 0.25) is 0 Å². The second-order valence-corrected chi connectivity index (χ2v) is 9.72. The molecular formula is C23H30N2O4S. The minimum atomic E-state index is -3.55. The van der Waals surface area contributed by atoms with E-state index in [1.807, 2.05) is 57.2 Å². The van der Waals surface area contributed by atoms with Gasteiger partial charge in [-0.3, -0.25) is 4.79 Å². The van der Waals surface area contributed by atoms with Crippen molar-refractivity contribution in [2.75, 3.05) is 26.2 Å². The molecule has 0 spiro atoms. The molecule has 1 aliphatic heterocycles. The fourth-order valence-electron chi connectivity index (χ4n) is 3.67. The van der Waals surface area contributed by atoms with Crippen LogP contribution < -0.4 is 9.46 Å². The van der Waals surface area contributed by atoms with E-state index < -0.39 is 10.0 Å². The van der Waals surface area contributed by atoms with Crippen molar-refractivity contribution in [3.05, 3.63) is 59.2 Å². The monoisotopic (exact) mass is 430 g/mol. The van der Waals surface area contributed by atoms with Gasteiger partial charge in [0.05, 0.1) is 4.90 Å². The predicted molar refractivity (Wildman–Crippen MR) is 117 cm³/mol. The average Bonchev–Trinajstić information content (AvgIpc) is 2.74. The number of likely N-dealkylation sites (tertiary alicyclic amines) is 1. The highest BCUT2D eigenvalue weighted by molar-refractivity contribution is 7.89. The van der Waals surface area contributed by atoms with Crippen LogP contribution in [0.1, 0.15) is 29.5 Å². The molecule has 1 saturated heterocycles. The summed E-state index contributed by atoms with van der Waals surface area (Å²) in [5, 5.41) is 0. The van der Waals surface area contributed by atoms with Crippen LogP contribution in [0, 0.1) is 26.7 Å². The van der Waals surface area contributed by atoms with E-state index in [1.54, 1.807) is 11.0 Å². The number of rotatable bonds is 7. The summed E-state index contributed by atoms with van der Waals surface area (Å²) in [6.07, 6.45) is 1.54. The molecule has 30 heavy (non-hydrogen) atoms. The SMILES string of the molecule is Cc1cc(C)c(S(=O)(=O)NCC2CCN(C(=O)COc3ccccc3)CC2)cc1C. The highest BCUT2D eigenvalue weighted by atomic mass is 32.2. The fraction of sp³-hybridized carbons (Fsp3) is 0.435. The molecule has 0 aliphatic carbocycles. The maximum Gasteiger partial charge on any atom is 0.260 e. The van der Waals surface area contributed by atoms with Crippen molar-refractivity contribution in [2.24, 2.45) is 5.92 Å². The number of aryl methyl sites for hydroxylation is 3. The molecule has 0 atom stereocenters. The van der Waals surface area contributed by atoms with Crippen LogP contribution in [-0.4, -0.2) is 45.5 Å². The van der Waals surface area contributed by atoms with Crippen LogP contribution >= 0.6 is 0 Å². The Morgan fingerprint density at radius 3 is 2.33 bits per heavy atom. The molecule has 6 nitrogen and oxygen atoms in total. The number of benzene rings is 2. The van der Waals surface area contributed by atoms with Gasteiger partial charge in [0.2, 0.25) is 10.0 Å². The highest BCUT2D eigenvalue weighted by Crippen LogP contribution is 2.22. The maximum absolute atomic E-state index is 12.8. The predicted octanol–water partition coefficient (Wildman–Crippen LogP) is 3.21. The zero-order chi connectivity index (χ0) is 21.7. The van der Waals surface area contributed by atoms with Crippen molar-refractivity contribution in [3.8, 4) is 5.75 Å². The zero-order valence-corrected chi connectivity index (χ0v) is 18.7. The Hall–Kier alpha value is -2.38. The Morgan fingerprint density at radius 1 is 1.03 bits per heavy atom. The Labute approximate surface area is 179 Å².